The highest BCUT2D eigenvalue weighted by Gasteiger charge is 2.56. The van der Waals surface area contributed by atoms with Crippen molar-refractivity contribution >= 4 is 11.3 Å². The third-order valence-electron chi connectivity index (χ3n) is 10.2. The van der Waals surface area contributed by atoms with Gasteiger partial charge in [0.25, 0.3) is 0 Å². The van der Waals surface area contributed by atoms with E-state index in [0.29, 0.717) is 42.5 Å². The number of nitrogens with zero attached hydrogens (tertiary/aromatic N) is 8. The molecule has 0 spiro atoms. The first-order chi connectivity index (χ1) is 21.5. The molecule has 0 radical (unpaired) electrons. The number of piperidine rings is 1. The van der Waals surface area contributed by atoms with Gasteiger partial charge in [0, 0.05) is 66.6 Å². The monoisotopic (exact) mass is 590 g/mol. The molecule has 4 bridgehead atoms. The summed E-state index contributed by atoms with van der Waals surface area (Å²) in [6, 6.07) is 13.0. The van der Waals surface area contributed by atoms with Crippen LogP contribution in [0.2, 0.25) is 0 Å². The maximum atomic E-state index is 14.2. The number of rotatable bonds is 8. The van der Waals surface area contributed by atoms with Crippen molar-refractivity contribution in [2.24, 2.45) is 17.3 Å². The predicted molar refractivity (Wildman–Crippen MR) is 158 cm³/mol. The Morgan fingerprint density at radius 1 is 1.07 bits per heavy atom. The molecule has 3 unspecified atom stereocenters. The average molecular weight is 591 g/mol. The minimum absolute atomic E-state index is 0.0187. The Bertz CT molecular complexity index is 1830. The number of pyridine rings is 3. The fraction of sp³-hybridized carbons (Fsp3) is 0.424. The number of fused-ring (bicyclic) bond motifs is 4. The van der Waals surface area contributed by atoms with E-state index in [1.54, 1.807) is 16.9 Å². The van der Waals surface area contributed by atoms with Gasteiger partial charge < -0.3 is 14.4 Å². The van der Waals surface area contributed by atoms with Crippen LogP contribution in [0.25, 0.3) is 16.6 Å². The average Bonchev–Trinajstić information content (AvgIpc) is 3.73. The molecule has 44 heavy (non-hydrogen) atoms. The second kappa shape index (κ2) is 10.2. The van der Waals surface area contributed by atoms with Crippen LogP contribution >= 0.6 is 0 Å². The lowest BCUT2D eigenvalue weighted by Gasteiger charge is -2.56. The van der Waals surface area contributed by atoms with Gasteiger partial charge in [-0.2, -0.15) is 15.6 Å². The summed E-state index contributed by atoms with van der Waals surface area (Å²) >= 11 is 0. The van der Waals surface area contributed by atoms with Crippen molar-refractivity contribution in [3.8, 4) is 34.9 Å². The van der Waals surface area contributed by atoms with E-state index in [2.05, 4.69) is 32.0 Å². The van der Waals surface area contributed by atoms with Crippen LogP contribution in [-0.2, 0) is 6.54 Å². The number of piperazine rings is 1. The number of halogens is 1. The quantitative estimate of drug-likeness (QED) is 0.291. The zero-order chi connectivity index (χ0) is 30.0. The molecular formula is C33H31FN8O2. The third-order valence-corrected chi connectivity index (χ3v) is 10.2. The molecule has 6 fully saturated rings. The second-order valence-electron chi connectivity index (χ2n) is 12.8. The summed E-state index contributed by atoms with van der Waals surface area (Å²) in [6.45, 7) is 2.93. The van der Waals surface area contributed by atoms with Gasteiger partial charge in [-0.15, -0.1) is 0 Å². The molecular weight excluding hydrogens is 559 g/mol. The molecule has 3 saturated carbocycles. The van der Waals surface area contributed by atoms with Crippen LogP contribution in [0.15, 0.2) is 49.1 Å². The number of anilines is 1. The van der Waals surface area contributed by atoms with E-state index in [1.807, 2.05) is 30.6 Å². The summed E-state index contributed by atoms with van der Waals surface area (Å²) in [5.74, 6) is 1.84. The summed E-state index contributed by atoms with van der Waals surface area (Å²) in [5, 5.41) is 23.6. The van der Waals surface area contributed by atoms with Crippen molar-refractivity contribution in [1.82, 2.24) is 24.5 Å². The van der Waals surface area contributed by atoms with Gasteiger partial charge in [-0.3, -0.25) is 4.90 Å². The van der Waals surface area contributed by atoms with Crippen LogP contribution in [0.5, 0.6) is 11.6 Å². The Labute approximate surface area is 254 Å². The molecule has 3 aliphatic carbocycles. The largest absolute Gasteiger partial charge is 0.491 e. The standard InChI is InChI=1S/C33H31FN8O2/c1-43-32-29(34)4-20(12-38-32)15-41-25-5-26(41)17-40(16-25)30-3-2-21(13-37-30)28-6-27(18-42-31(28)24(11-36)14-39-42)44-19-33-7-22(8-33)23(9-33)10-35/h2-4,6,12-14,18,22-23,25-26H,5,7-9,15-17,19H2,1H3. The molecule has 10 rings (SSSR count). The Morgan fingerprint density at radius 3 is 2.59 bits per heavy atom. The topological polar surface area (TPSA) is 116 Å². The lowest BCUT2D eigenvalue weighted by molar-refractivity contribution is -0.00884. The molecule has 0 amide bonds. The smallest absolute Gasteiger partial charge is 0.250 e. The lowest BCUT2D eigenvalue weighted by Crippen LogP contribution is -2.68. The first-order valence-corrected chi connectivity index (χ1v) is 15.1. The van der Waals surface area contributed by atoms with E-state index in [0.717, 1.165) is 66.8 Å². The molecule has 10 nitrogen and oxygen atoms in total. The molecule has 6 aliphatic rings. The third kappa shape index (κ3) is 4.34. The summed E-state index contributed by atoms with van der Waals surface area (Å²) < 4.78 is 27.2. The van der Waals surface area contributed by atoms with Crippen molar-refractivity contribution < 1.29 is 13.9 Å². The molecule has 0 N–H and O–H groups in total. The molecule has 0 aromatic carbocycles. The zero-order valence-corrected chi connectivity index (χ0v) is 24.4. The maximum absolute atomic E-state index is 14.2. The van der Waals surface area contributed by atoms with Crippen LogP contribution in [-0.4, -0.2) is 63.4 Å². The SMILES string of the molecule is COc1ncc(CN2C3CC2CN(c2ccc(-c4cc(OCC56CC(C#N)C(C5)C6)cn5ncc(C#N)c45)cn2)C3)cc1F. The highest BCUT2D eigenvalue weighted by molar-refractivity contribution is 5.85. The normalized spacial score (nSPS) is 26.9. The molecule has 11 heteroatoms. The van der Waals surface area contributed by atoms with E-state index < -0.39 is 5.82 Å². The van der Waals surface area contributed by atoms with Crippen molar-refractivity contribution in [3.05, 3.63) is 66.0 Å². The molecule has 222 valence electrons. The van der Waals surface area contributed by atoms with Gasteiger partial charge in [0.2, 0.25) is 5.88 Å². The Hall–Kier alpha value is -4.74. The molecule has 3 aliphatic heterocycles. The molecule has 7 heterocycles. The maximum Gasteiger partial charge on any atom is 0.250 e. The second-order valence-corrected chi connectivity index (χ2v) is 12.8. The van der Waals surface area contributed by atoms with Crippen molar-refractivity contribution in [3.63, 3.8) is 0 Å². The minimum Gasteiger partial charge on any atom is -0.491 e. The van der Waals surface area contributed by atoms with E-state index in [4.69, 9.17) is 14.5 Å². The first kappa shape index (κ1) is 26.9. The molecule has 4 aromatic heterocycles. The van der Waals surface area contributed by atoms with Gasteiger partial charge in [-0.05, 0) is 61.4 Å². The fourth-order valence-electron chi connectivity index (χ4n) is 7.96. The van der Waals surface area contributed by atoms with Crippen molar-refractivity contribution in [2.75, 3.05) is 31.7 Å². The molecule has 3 atom stereocenters. The van der Waals surface area contributed by atoms with Gasteiger partial charge in [0.15, 0.2) is 5.82 Å². The van der Waals surface area contributed by atoms with Gasteiger partial charge in [0.05, 0.1) is 43.3 Å². The Balaban J connectivity index is 0.985. The van der Waals surface area contributed by atoms with Crippen molar-refractivity contribution in [1.29, 1.82) is 10.5 Å². The number of nitriles is 2. The first-order valence-electron chi connectivity index (χ1n) is 15.1. The summed E-state index contributed by atoms with van der Waals surface area (Å²) in [6.07, 6.45) is 11.1. The number of ether oxygens (including phenoxy) is 2. The van der Waals surface area contributed by atoms with Crippen LogP contribution < -0.4 is 14.4 Å². The Morgan fingerprint density at radius 2 is 1.91 bits per heavy atom. The van der Waals surface area contributed by atoms with E-state index in [9.17, 15) is 14.9 Å². The van der Waals surface area contributed by atoms with Crippen LogP contribution in [0.4, 0.5) is 10.2 Å². The van der Waals surface area contributed by atoms with E-state index in [1.165, 1.54) is 13.2 Å². The summed E-state index contributed by atoms with van der Waals surface area (Å²) in [4.78, 5) is 13.6. The number of hydrogen-bond donors (Lipinski definition) is 0. The molecule has 3 saturated heterocycles. The lowest BCUT2D eigenvalue weighted by atomic mass is 9.70. The number of methoxy groups -OCH3 is 1. The zero-order valence-electron chi connectivity index (χ0n) is 24.4. The fourth-order valence-corrected chi connectivity index (χ4v) is 7.96. The highest BCUT2D eigenvalue weighted by Crippen LogP contribution is 2.61. The Kier molecular flexibility index (Phi) is 6.21. The molecule has 4 aromatic rings. The highest BCUT2D eigenvalue weighted by atomic mass is 19.1. The van der Waals surface area contributed by atoms with Gasteiger partial charge in [0.1, 0.15) is 17.6 Å². The summed E-state index contributed by atoms with van der Waals surface area (Å²) in [7, 11) is 1.42. The van der Waals surface area contributed by atoms with E-state index in [-0.39, 0.29) is 17.2 Å². The van der Waals surface area contributed by atoms with Crippen LogP contribution in [0.1, 0.15) is 36.8 Å². The van der Waals surface area contributed by atoms with E-state index >= 15 is 0 Å². The predicted octanol–water partition coefficient (Wildman–Crippen LogP) is 4.59. The van der Waals surface area contributed by atoms with Crippen LogP contribution in [0.3, 0.4) is 0 Å². The minimum atomic E-state index is -0.437. The van der Waals surface area contributed by atoms with Gasteiger partial charge >= 0.3 is 0 Å². The van der Waals surface area contributed by atoms with Gasteiger partial charge in [-0.25, -0.2) is 18.9 Å². The van der Waals surface area contributed by atoms with Gasteiger partial charge in [-0.1, -0.05) is 0 Å². The van der Waals surface area contributed by atoms with Crippen molar-refractivity contribution in [2.45, 2.75) is 44.3 Å². The van der Waals surface area contributed by atoms with Crippen LogP contribution in [0, 0.1) is 45.7 Å². The summed E-state index contributed by atoms with van der Waals surface area (Å²) in [5.41, 5.74) is 3.87. The number of aromatic nitrogens is 4. The number of hydrogen-bond acceptors (Lipinski definition) is 9.